The van der Waals surface area contributed by atoms with E-state index in [1.54, 1.807) is 0 Å². The molecule has 6 nitrogen and oxygen atoms in total. The van der Waals surface area contributed by atoms with Crippen LogP contribution < -0.4 is 16.0 Å². The lowest BCUT2D eigenvalue weighted by atomic mass is 10.0. The number of nitrogen functional groups attached to an aromatic ring is 1. The molecule has 1 saturated heterocycles. The molecule has 1 fully saturated rings. The SMILES string of the molecule is CC(C)C[C@H]1CN(c2ccc(C(F)(F)F)c(C(=O)c3cc(Br)cnc3N)n2)CCN1.[HH].[HH].[HH]. The van der Waals surface area contributed by atoms with E-state index in [1.165, 1.54) is 18.3 Å². The summed E-state index contributed by atoms with van der Waals surface area (Å²) in [6.07, 6.45) is -2.42. The number of nitrogens with one attached hydrogen (secondary N) is 1. The lowest BCUT2D eigenvalue weighted by Gasteiger charge is -2.35. The van der Waals surface area contributed by atoms with E-state index < -0.39 is 23.2 Å². The summed E-state index contributed by atoms with van der Waals surface area (Å²) < 4.78 is 41.3. The van der Waals surface area contributed by atoms with Crippen LogP contribution in [0.2, 0.25) is 0 Å². The van der Waals surface area contributed by atoms with Gasteiger partial charge in [0.1, 0.15) is 17.3 Å². The molecule has 0 amide bonds. The van der Waals surface area contributed by atoms with Crippen LogP contribution in [0.4, 0.5) is 24.8 Å². The summed E-state index contributed by atoms with van der Waals surface area (Å²) in [5, 5.41) is 3.42. The van der Waals surface area contributed by atoms with Crippen LogP contribution in [0.25, 0.3) is 0 Å². The van der Waals surface area contributed by atoms with E-state index >= 15 is 0 Å². The molecule has 2 aromatic rings. The standard InChI is InChI=1S/C20H23BrF3N5O.3H2/c1-11(2)7-13-10-29(6-5-26-13)16-4-3-15(20(22,23)24)17(28-16)18(30)14-8-12(21)9-27-19(14)25;;;/h3-4,8-9,11,13,26H,5-7,10H2,1-2H3,(H2,25,27);3*1H/t13-;;;/m0.../s1. The molecule has 1 aliphatic rings. The van der Waals surface area contributed by atoms with Gasteiger partial charge in [0, 0.05) is 40.6 Å². The van der Waals surface area contributed by atoms with Crippen LogP contribution in [0.15, 0.2) is 28.9 Å². The zero-order valence-corrected chi connectivity index (χ0v) is 18.2. The minimum Gasteiger partial charge on any atom is -0.383 e. The Bertz CT molecular complexity index is 950. The molecule has 0 unspecified atom stereocenters. The molecule has 0 aliphatic carbocycles. The molecule has 30 heavy (non-hydrogen) atoms. The molecule has 3 heterocycles. The van der Waals surface area contributed by atoms with Gasteiger partial charge in [0.05, 0.1) is 11.1 Å². The maximum Gasteiger partial charge on any atom is 0.418 e. The molecule has 0 bridgehead atoms. The molecule has 0 aromatic carbocycles. The van der Waals surface area contributed by atoms with Gasteiger partial charge in [-0.3, -0.25) is 4.79 Å². The first-order chi connectivity index (χ1) is 14.1. The van der Waals surface area contributed by atoms with Gasteiger partial charge < -0.3 is 16.0 Å². The number of hydrogen-bond acceptors (Lipinski definition) is 6. The summed E-state index contributed by atoms with van der Waals surface area (Å²) in [6.45, 7) is 6.10. The summed E-state index contributed by atoms with van der Waals surface area (Å²) in [5.74, 6) is -0.248. The Morgan fingerprint density at radius 1 is 1.43 bits per heavy atom. The topological polar surface area (TPSA) is 84.1 Å². The van der Waals surface area contributed by atoms with Gasteiger partial charge in [-0.2, -0.15) is 13.2 Å². The number of halogens is 4. The molecule has 1 atom stereocenters. The largest absolute Gasteiger partial charge is 0.418 e. The number of nitrogens with two attached hydrogens (primary N) is 1. The van der Waals surface area contributed by atoms with Crippen molar-refractivity contribution in [1.82, 2.24) is 15.3 Å². The lowest BCUT2D eigenvalue weighted by molar-refractivity contribution is -0.138. The van der Waals surface area contributed by atoms with Crippen LogP contribution in [0.3, 0.4) is 0 Å². The Morgan fingerprint density at radius 3 is 2.83 bits per heavy atom. The predicted octanol–water partition coefficient (Wildman–Crippen LogP) is 4.63. The van der Waals surface area contributed by atoms with Gasteiger partial charge in [0.2, 0.25) is 5.78 Å². The Balaban J connectivity index is 0.00000341. The highest BCUT2D eigenvalue weighted by molar-refractivity contribution is 9.10. The van der Waals surface area contributed by atoms with Gasteiger partial charge in [-0.25, -0.2) is 9.97 Å². The second-order valence-corrected chi connectivity index (χ2v) is 8.62. The quantitative estimate of drug-likeness (QED) is 0.593. The normalized spacial score (nSPS) is 17.4. The average Bonchev–Trinajstić information content (AvgIpc) is 2.68. The van der Waals surface area contributed by atoms with Crippen LogP contribution in [0.5, 0.6) is 0 Å². The molecule has 3 rings (SSSR count). The van der Waals surface area contributed by atoms with Crippen molar-refractivity contribution in [2.45, 2.75) is 32.5 Å². The first kappa shape index (κ1) is 22.5. The van der Waals surface area contributed by atoms with Gasteiger partial charge in [0.15, 0.2) is 0 Å². The molecule has 0 saturated carbocycles. The number of alkyl halides is 3. The molecule has 10 heteroatoms. The minimum absolute atomic E-state index is 0. The monoisotopic (exact) mass is 491 g/mol. The number of piperazine rings is 1. The highest BCUT2D eigenvalue weighted by Crippen LogP contribution is 2.34. The summed E-state index contributed by atoms with van der Waals surface area (Å²) in [4.78, 5) is 22.9. The third-order valence-electron chi connectivity index (χ3n) is 4.87. The fourth-order valence-electron chi connectivity index (χ4n) is 3.55. The zero-order chi connectivity index (χ0) is 22.1. The van der Waals surface area contributed by atoms with Crippen molar-refractivity contribution in [2.75, 3.05) is 30.3 Å². The Kier molecular flexibility index (Phi) is 6.66. The highest BCUT2D eigenvalue weighted by Gasteiger charge is 2.37. The van der Waals surface area contributed by atoms with E-state index in [1.807, 2.05) is 4.90 Å². The smallest absolute Gasteiger partial charge is 0.383 e. The Labute approximate surface area is 185 Å². The molecular formula is C20H29BrF3N5O. The molecule has 1 aliphatic heterocycles. The second-order valence-electron chi connectivity index (χ2n) is 7.71. The zero-order valence-electron chi connectivity index (χ0n) is 16.6. The van der Waals surface area contributed by atoms with Crippen molar-refractivity contribution >= 4 is 33.3 Å². The summed E-state index contributed by atoms with van der Waals surface area (Å²) >= 11 is 3.17. The number of carbonyl (C=O) groups is 1. The number of hydrogen-bond donors (Lipinski definition) is 2. The molecule has 0 radical (unpaired) electrons. The van der Waals surface area contributed by atoms with Gasteiger partial charge in [0.25, 0.3) is 0 Å². The highest BCUT2D eigenvalue weighted by atomic mass is 79.9. The molecule has 168 valence electrons. The first-order valence-corrected chi connectivity index (χ1v) is 10.4. The fourth-order valence-corrected chi connectivity index (χ4v) is 3.88. The molecular weight excluding hydrogens is 463 g/mol. The Hall–Kier alpha value is -2.20. The summed E-state index contributed by atoms with van der Waals surface area (Å²) in [7, 11) is 0. The molecule has 2 aromatic heterocycles. The fraction of sp³-hybridized carbons (Fsp3) is 0.450. The van der Waals surface area contributed by atoms with Crippen LogP contribution in [0, 0.1) is 5.92 Å². The van der Waals surface area contributed by atoms with E-state index in [9.17, 15) is 18.0 Å². The van der Waals surface area contributed by atoms with Crippen molar-refractivity contribution in [3.63, 3.8) is 0 Å². The maximum atomic E-state index is 13.6. The van der Waals surface area contributed by atoms with Crippen LogP contribution in [-0.4, -0.2) is 41.4 Å². The number of anilines is 2. The lowest BCUT2D eigenvalue weighted by Crippen LogP contribution is -2.51. The number of rotatable bonds is 5. The summed E-state index contributed by atoms with van der Waals surface area (Å²) in [6, 6.07) is 3.78. The van der Waals surface area contributed by atoms with Crippen LogP contribution in [0.1, 0.15) is 46.2 Å². The van der Waals surface area contributed by atoms with Gasteiger partial charge >= 0.3 is 6.18 Å². The van der Waals surface area contributed by atoms with Crippen molar-refractivity contribution < 1.29 is 22.2 Å². The average molecular weight is 492 g/mol. The third-order valence-corrected chi connectivity index (χ3v) is 5.30. The third kappa shape index (κ3) is 5.10. The van der Waals surface area contributed by atoms with Crippen molar-refractivity contribution in [3.05, 3.63) is 45.7 Å². The summed E-state index contributed by atoms with van der Waals surface area (Å²) in [5.41, 5.74) is 3.86. The van der Waals surface area contributed by atoms with E-state index in [-0.39, 0.29) is 21.7 Å². The van der Waals surface area contributed by atoms with E-state index in [2.05, 4.69) is 45.1 Å². The molecule has 0 spiro atoms. The van der Waals surface area contributed by atoms with Crippen LogP contribution in [-0.2, 0) is 6.18 Å². The maximum absolute atomic E-state index is 13.6. The number of carbonyl (C=O) groups excluding carboxylic acids is 1. The molecule has 3 N–H and O–H groups in total. The van der Waals surface area contributed by atoms with Crippen molar-refractivity contribution in [1.29, 1.82) is 0 Å². The number of aromatic nitrogens is 2. The number of pyridine rings is 2. The Morgan fingerprint density at radius 2 is 2.17 bits per heavy atom. The van der Waals surface area contributed by atoms with E-state index in [0.717, 1.165) is 12.5 Å². The van der Waals surface area contributed by atoms with Gasteiger partial charge in [-0.1, -0.05) is 13.8 Å². The predicted molar refractivity (Wildman–Crippen MR) is 119 cm³/mol. The minimum atomic E-state index is -4.73. The van der Waals surface area contributed by atoms with Gasteiger partial charge in [-0.15, -0.1) is 0 Å². The first-order valence-electron chi connectivity index (χ1n) is 9.58. The van der Waals surface area contributed by atoms with Gasteiger partial charge in [-0.05, 0) is 46.5 Å². The van der Waals surface area contributed by atoms with Crippen molar-refractivity contribution in [3.8, 4) is 0 Å². The second kappa shape index (κ2) is 8.89. The van der Waals surface area contributed by atoms with E-state index in [4.69, 9.17) is 5.73 Å². The van der Waals surface area contributed by atoms with Crippen molar-refractivity contribution in [2.24, 2.45) is 5.92 Å². The number of ketones is 1. The number of nitrogens with zero attached hydrogens (tertiary/aromatic N) is 3. The van der Waals surface area contributed by atoms with Crippen LogP contribution >= 0.6 is 15.9 Å². The van der Waals surface area contributed by atoms with E-state index in [0.29, 0.717) is 35.8 Å².